The molecule has 0 atom stereocenters. The van der Waals surface area contributed by atoms with Crippen LogP contribution in [-0.2, 0) is 14.9 Å². The molecule has 1 aliphatic rings. The van der Waals surface area contributed by atoms with Crippen LogP contribution in [0.25, 0.3) is 0 Å². The summed E-state index contributed by atoms with van der Waals surface area (Å²) in [5.74, 6) is 0.673. The van der Waals surface area contributed by atoms with Crippen molar-refractivity contribution in [1.29, 1.82) is 0 Å². The van der Waals surface area contributed by atoms with Crippen molar-refractivity contribution in [2.24, 2.45) is 4.99 Å². The molecule has 0 spiro atoms. The Labute approximate surface area is 178 Å². The molecule has 0 heterocycles. The second-order valence-electron chi connectivity index (χ2n) is 6.45. The van der Waals surface area contributed by atoms with Gasteiger partial charge in [0.05, 0.1) is 13.7 Å². The number of guanidine groups is 1. The summed E-state index contributed by atoms with van der Waals surface area (Å²) >= 11 is 6.13. The van der Waals surface area contributed by atoms with Crippen LogP contribution in [0.15, 0.2) is 29.3 Å². The van der Waals surface area contributed by atoms with E-state index in [1.165, 1.54) is 12.7 Å². The highest BCUT2D eigenvalue weighted by Gasteiger charge is 2.44. The van der Waals surface area contributed by atoms with Gasteiger partial charge in [0.25, 0.3) is 0 Å². The summed E-state index contributed by atoms with van der Waals surface area (Å²) in [6, 6.07) is 8.11. The van der Waals surface area contributed by atoms with Crippen molar-refractivity contribution in [3.8, 4) is 0 Å². The zero-order valence-corrected chi connectivity index (χ0v) is 18.6. The van der Waals surface area contributed by atoms with Crippen molar-refractivity contribution in [1.82, 2.24) is 10.6 Å². The Bertz CT molecular complexity index is 606. The molecule has 2 N–H and O–H groups in total. The fourth-order valence-electron chi connectivity index (χ4n) is 2.78. The number of hydrogen-bond acceptors (Lipinski definition) is 3. The largest absolute Gasteiger partial charge is 0.469 e. The van der Waals surface area contributed by atoms with Crippen LogP contribution in [0.5, 0.6) is 0 Å². The van der Waals surface area contributed by atoms with Crippen molar-refractivity contribution in [2.45, 2.75) is 44.4 Å². The minimum Gasteiger partial charge on any atom is -0.469 e. The molecule has 1 aromatic carbocycles. The Morgan fingerprint density at radius 3 is 2.69 bits per heavy atom. The summed E-state index contributed by atoms with van der Waals surface area (Å²) in [6.45, 7) is 4.41. The van der Waals surface area contributed by atoms with Gasteiger partial charge in [-0.25, -0.2) is 0 Å². The van der Waals surface area contributed by atoms with Crippen LogP contribution < -0.4 is 10.6 Å². The van der Waals surface area contributed by atoms with Crippen LogP contribution in [0.1, 0.15) is 44.6 Å². The number of nitrogens with one attached hydrogen (secondary N) is 2. The Morgan fingerprint density at radius 2 is 2.08 bits per heavy atom. The molecule has 146 valence electrons. The summed E-state index contributed by atoms with van der Waals surface area (Å²) in [5.41, 5.74) is 1.41. The number of nitrogens with zero attached hydrogens (tertiary/aromatic N) is 1. The highest BCUT2D eigenvalue weighted by Crippen LogP contribution is 2.48. The van der Waals surface area contributed by atoms with E-state index in [2.05, 4.69) is 34.4 Å². The Kier molecular flexibility index (Phi) is 10.3. The van der Waals surface area contributed by atoms with E-state index in [4.69, 9.17) is 16.6 Å². The van der Waals surface area contributed by atoms with E-state index in [0.29, 0.717) is 6.42 Å². The first-order valence-electron chi connectivity index (χ1n) is 8.95. The molecule has 26 heavy (non-hydrogen) atoms. The maximum Gasteiger partial charge on any atom is 0.305 e. The van der Waals surface area contributed by atoms with Gasteiger partial charge < -0.3 is 15.4 Å². The third-order valence-electron chi connectivity index (χ3n) is 4.50. The molecule has 1 fully saturated rings. The zero-order valence-electron chi connectivity index (χ0n) is 15.5. The van der Waals surface area contributed by atoms with Crippen molar-refractivity contribution in [2.75, 3.05) is 26.7 Å². The minimum atomic E-state index is -0.155. The molecule has 2 rings (SSSR count). The fourth-order valence-corrected chi connectivity index (χ4v) is 2.97. The second-order valence-corrected chi connectivity index (χ2v) is 6.88. The number of carbonyl (C=O) groups is 1. The van der Waals surface area contributed by atoms with Gasteiger partial charge in [0.2, 0.25) is 0 Å². The van der Waals surface area contributed by atoms with E-state index in [1.54, 1.807) is 0 Å². The molecule has 1 aliphatic carbocycles. The quantitative estimate of drug-likeness (QED) is 0.180. The number of esters is 1. The Morgan fingerprint density at radius 1 is 1.31 bits per heavy atom. The van der Waals surface area contributed by atoms with Crippen LogP contribution in [0.3, 0.4) is 0 Å². The number of carbonyl (C=O) groups excluding carboxylic acids is 1. The monoisotopic (exact) mass is 493 g/mol. The lowest BCUT2D eigenvalue weighted by Crippen LogP contribution is -2.38. The molecule has 1 aromatic rings. The molecule has 0 amide bonds. The lowest BCUT2D eigenvalue weighted by molar-refractivity contribution is -0.140. The van der Waals surface area contributed by atoms with Crippen molar-refractivity contribution < 1.29 is 9.53 Å². The van der Waals surface area contributed by atoms with Gasteiger partial charge >= 0.3 is 5.97 Å². The minimum absolute atomic E-state index is 0. The molecular weight excluding hydrogens is 465 g/mol. The number of hydrogen-bond donors (Lipinski definition) is 2. The van der Waals surface area contributed by atoms with Gasteiger partial charge in [-0.1, -0.05) is 23.7 Å². The van der Waals surface area contributed by atoms with E-state index in [0.717, 1.165) is 56.3 Å². The number of aliphatic imine (C=N–C) groups is 1. The first kappa shape index (κ1) is 23.0. The normalized spacial score (nSPS) is 15.0. The standard InChI is InChI=1S/C19H28ClN3O2.HI/c1-3-21-18(22-12-5-4-9-17(24)25-2)23-14-19(10-11-19)15-7-6-8-16(20)13-15;/h6-8,13H,3-5,9-12,14H2,1-2H3,(H2,21,22,23);1H. The summed E-state index contributed by atoms with van der Waals surface area (Å²) in [4.78, 5) is 15.9. The average Bonchev–Trinajstić information content (AvgIpc) is 3.40. The molecule has 0 saturated heterocycles. The highest BCUT2D eigenvalue weighted by atomic mass is 127. The number of halogens is 2. The van der Waals surface area contributed by atoms with Crippen LogP contribution in [0.4, 0.5) is 0 Å². The molecule has 0 aliphatic heterocycles. The van der Waals surface area contributed by atoms with Gasteiger partial charge in [0.15, 0.2) is 5.96 Å². The Balaban J connectivity index is 0.00000338. The SMILES string of the molecule is CCNC(=NCC1(c2cccc(Cl)c2)CC1)NCCCCC(=O)OC.I. The second kappa shape index (κ2) is 11.6. The van der Waals surface area contributed by atoms with Crippen LogP contribution in [0.2, 0.25) is 5.02 Å². The molecule has 0 aromatic heterocycles. The molecular formula is C19H29ClIN3O2. The van der Waals surface area contributed by atoms with Crippen molar-refractivity contribution >= 4 is 47.5 Å². The lowest BCUT2D eigenvalue weighted by Gasteiger charge is -2.16. The number of rotatable bonds is 9. The zero-order chi connectivity index (χ0) is 18.1. The topological polar surface area (TPSA) is 62.7 Å². The first-order valence-corrected chi connectivity index (χ1v) is 9.32. The summed E-state index contributed by atoms with van der Waals surface area (Å²) in [7, 11) is 1.42. The van der Waals surface area contributed by atoms with E-state index in [9.17, 15) is 4.79 Å². The summed E-state index contributed by atoms with van der Waals surface area (Å²) in [6.07, 6.45) is 4.47. The van der Waals surface area contributed by atoms with Gasteiger partial charge in [-0.15, -0.1) is 24.0 Å². The third kappa shape index (κ3) is 7.31. The number of unbranched alkanes of at least 4 members (excludes halogenated alkanes) is 1. The molecule has 5 nitrogen and oxygen atoms in total. The smallest absolute Gasteiger partial charge is 0.305 e. The third-order valence-corrected chi connectivity index (χ3v) is 4.74. The maximum absolute atomic E-state index is 11.1. The van der Waals surface area contributed by atoms with E-state index < -0.39 is 0 Å². The predicted octanol–water partition coefficient (Wildman–Crippen LogP) is 3.89. The molecule has 1 saturated carbocycles. The molecule has 7 heteroatoms. The highest BCUT2D eigenvalue weighted by molar-refractivity contribution is 14.0. The average molecular weight is 494 g/mol. The van der Waals surface area contributed by atoms with Gasteiger partial charge in [-0.05, 0) is 50.3 Å². The fraction of sp³-hybridized carbons (Fsp3) is 0.579. The van der Waals surface area contributed by atoms with Gasteiger partial charge in [0, 0.05) is 29.9 Å². The van der Waals surface area contributed by atoms with Gasteiger partial charge in [-0.2, -0.15) is 0 Å². The van der Waals surface area contributed by atoms with Crippen molar-refractivity contribution in [3.05, 3.63) is 34.9 Å². The van der Waals surface area contributed by atoms with E-state index >= 15 is 0 Å². The molecule has 0 radical (unpaired) electrons. The molecule has 0 bridgehead atoms. The van der Waals surface area contributed by atoms with E-state index in [1.807, 2.05) is 12.1 Å². The number of benzene rings is 1. The summed E-state index contributed by atoms with van der Waals surface area (Å²) < 4.78 is 4.65. The maximum atomic E-state index is 11.1. The predicted molar refractivity (Wildman–Crippen MR) is 118 cm³/mol. The Hall–Kier alpha value is -1.02. The number of methoxy groups -OCH3 is 1. The molecule has 0 unspecified atom stereocenters. The van der Waals surface area contributed by atoms with E-state index in [-0.39, 0.29) is 35.4 Å². The van der Waals surface area contributed by atoms with Crippen molar-refractivity contribution in [3.63, 3.8) is 0 Å². The lowest BCUT2D eigenvalue weighted by atomic mass is 9.96. The van der Waals surface area contributed by atoms with Crippen LogP contribution in [0, 0.1) is 0 Å². The number of ether oxygens (including phenoxy) is 1. The van der Waals surface area contributed by atoms with Crippen LogP contribution in [-0.4, -0.2) is 38.7 Å². The summed E-state index contributed by atoms with van der Waals surface area (Å²) in [5, 5.41) is 7.40. The van der Waals surface area contributed by atoms with Gasteiger partial charge in [-0.3, -0.25) is 9.79 Å². The first-order chi connectivity index (χ1) is 12.1. The van der Waals surface area contributed by atoms with Crippen LogP contribution >= 0.6 is 35.6 Å². The van der Waals surface area contributed by atoms with Gasteiger partial charge in [0.1, 0.15) is 0 Å².